The Hall–Kier alpha value is -2.10. The molecule has 4 rings (SSSR count). The molecule has 2 heterocycles. The second kappa shape index (κ2) is 9.36. The number of carbonyl (C=O) groups is 3. The summed E-state index contributed by atoms with van der Waals surface area (Å²) in [5.41, 5.74) is 1.48. The lowest BCUT2D eigenvalue weighted by Crippen LogP contribution is -2.50. The average Bonchev–Trinajstić information content (AvgIpc) is 2.76. The third-order valence-corrected chi connectivity index (χ3v) is 7.04. The van der Waals surface area contributed by atoms with Gasteiger partial charge in [0.25, 0.3) is 5.91 Å². The summed E-state index contributed by atoms with van der Waals surface area (Å²) in [5.74, 6) is -2.02. The highest BCUT2D eigenvalue weighted by Crippen LogP contribution is 2.41. The number of hydrogen-bond acceptors (Lipinski definition) is 6. The molecule has 9 heteroatoms. The first kappa shape index (κ1) is 21.1. The van der Waals surface area contributed by atoms with Gasteiger partial charge in [-0.3, -0.25) is 14.4 Å². The first-order chi connectivity index (χ1) is 14.5. The van der Waals surface area contributed by atoms with Gasteiger partial charge in [-0.1, -0.05) is 37.1 Å². The number of thioether (sulfide) groups is 1. The van der Waals surface area contributed by atoms with E-state index in [9.17, 15) is 19.5 Å². The van der Waals surface area contributed by atoms with Crippen molar-refractivity contribution in [1.29, 1.82) is 0 Å². The van der Waals surface area contributed by atoms with E-state index < -0.39 is 17.1 Å². The maximum absolute atomic E-state index is 12.9. The molecule has 3 N–H and O–H groups in total. The molecular weight excluding hydrogens is 406 g/mol. The van der Waals surface area contributed by atoms with E-state index in [-0.39, 0.29) is 24.6 Å². The van der Waals surface area contributed by atoms with E-state index in [0.717, 1.165) is 49.6 Å². The van der Waals surface area contributed by atoms with Crippen molar-refractivity contribution >= 4 is 35.2 Å². The van der Waals surface area contributed by atoms with Gasteiger partial charge in [-0.05, 0) is 30.5 Å². The van der Waals surface area contributed by atoms with Crippen LogP contribution in [0.2, 0.25) is 0 Å². The van der Waals surface area contributed by atoms with Crippen molar-refractivity contribution in [3.8, 4) is 0 Å². The molecule has 2 unspecified atom stereocenters. The number of hydrogen-bond donors (Lipinski definition) is 3. The predicted molar refractivity (Wildman–Crippen MR) is 113 cm³/mol. The predicted octanol–water partition coefficient (Wildman–Crippen LogP) is 1.69. The fourth-order valence-corrected chi connectivity index (χ4v) is 5.26. The fraction of sp³-hybridized carbons (Fsp3) is 0.571. The van der Waals surface area contributed by atoms with Gasteiger partial charge in [0.15, 0.2) is 5.25 Å². The van der Waals surface area contributed by atoms with Crippen molar-refractivity contribution in [2.75, 3.05) is 31.1 Å². The number of carboxylic acids is 1. The van der Waals surface area contributed by atoms with Crippen LogP contribution in [0.5, 0.6) is 0 Å². The zero-order valence-electron chi connectivity index (χ0n) is 16.8. The summed E-state index contributed by atoms with van der Waals surface area (Å²) < 4.78 is 5.81. The van der Waals surface area contributed by atoms with Crippen LogP contribution >= 0.6 is 11.8 Å². The van der Waals surface area contributed by atoms with Crippen molar-refractivity contribution in [2.24, 2.45) is 0 Å². The third kappa shape index (κ3) is 4.63. The van der Waals surface area contributed by atoms with Gasteiger partial charge in [-0.25, -0.2) is 0 Å². The Bertz CT molecular complexity index is 821. The number of fused-ring (bicyclic) bond motifs is 1. The van der Waals surface area contributed by atoms with E-state index in [0.29, 0.717) is 23.7 Å². The summed E-state index contributed by atoms with van der Waals surface area (Å²) in [4.78, 5) is 39.3. The van der Waals surface area contributed by atoms with Gasteiger partial charge in [-0.2, -0.15) is 0 Å². The van der Waals surface area contributed by atoms with Gasteiger partial charge < -0.3 is 25.4 Å². The van der Waals surface area contributed by atoms with Crippen LogP contribution in [0.4, 0.5) is 5.69 Å². The molecule has 1 saturated heterocycles. The quantitative estimate of drug-likeness (QED) is 0.607. The van der Waals surface area contributed by atoms with Gasteiger partial charge >= 0.3 is 5.97 Å². The van der Waals surface area contributed by atoms with Gasteiger partial charge in [0.1, 0.15) is 6.54 Å². The number of anilines is 1. The highest BCUT2D eigenvalue weighted by atomic mass is 32.2. The minimum atomic E-state index is -1.25. The zero-order valence-corrected chi connectivity index (χ0v) is 17.6. The number of benzene rings is 1. The Morgan fingerprint density at radius 2 is 2.07 bits per heavy atom. The number of morpholine rings is 1. The molecule has 3 aliphatic rings. The standard InChI is InChI=1S/C21H27N3O5S/c25-18(23-14-4-2-1-3-5-14)12-24-15-10-13(16-11-22-8-9-29-16)6-7-17(15)30-19(20(24)26)21(27)28/h6-7,10,14,16,19,22H,1-5,8-9,11-12H2,(H,23,25)(H,27,28). The summed E-state index contributed by atoms with van der Waals surface area (Å²) in [6.07, 6.45) is 5.11. The van der Waals surface area contributed by atoms with Crippen LogP contribution in [0.1, 0.15) is 43.8 Å². The van der Waals surface area contributed by atoms with E-state index in [1.165, 1.54) is 11.3 Å². The van der Waals surface area contributed by atoms with Crippen molar-refractivity contribution in [3.63, 3.8) is 0 Å². The summed E-state index contributed by atoms with van der Waals surface area (Å²) in [7, 11) is 0. The van der Waals surface area contributed by atoms with Gasteiger partial charge in [0, 0.05) is 24.0 Å². The van der Waals surface area contributed by atoms with Crippen LogP contribution in [-0.2, 0) is 19.1 Å². The molecular formula is C21H27N3O5S. The van der Waals surface area contributed by atoms with Crippen molar-refractivity contribution in [3.05, 3.63) is 23.8 Å². The zero-order chi connectivity index (χ0) is 21.1. The van der Waals surface area contributed by atoms with Crippen molar-refractivity contribution < 1.29 is 24.2 Å². The number of rotatable bonds is 5. The molecule has 1 aliphatic carbocycles. The first-order valence-corrected chi connectivity index (χ1v) is 11.4. The lowest BCUT2D eigenvalue weighted by atomic mass is 9.95. The van der Waals surface area contributed by atoms with Crippen LogP contribution in [0.15, 0.2) is 23.1 Å². The Morgan fingerprint density at radius 1 is 1.27 bits per heavy atom. The normalized spacial score (nSPS) is 24.9. The van der Waals surface area contributed by atoms with Crippen molar-refractivity contribution in [2.45, 2.75) is 54.4 Å². The molecule has 30 heavy (non-hydrogen) atoms. The molecule has 1 saturated carbocycles. The lowest BCUT2D eigenvalue weighted by molar-refractivity contribution is -0.139. The number of carbonyl (C=O) groups excluding carboxylic acids is 2. The minimum absolute atomic E-state index is 0.128. The molecule has 2 atom stereocenters. The topological polar surface area (TPSA) is 108 Å². The van der Waals surface area contributed by atoms with Crippen LogP contribution in [0.25, 0.3) is 0 Å². The number of nitrogens with zero attached hydrogens (tertiary/aromatic N) is 1. The molecule has 0 bridgehead atoms. The van der Waals surface area contributed by atoms with Gasteiger partial charge in [-0.15, -0.1) is 0 Å². The monoisotopic (exact) mass is 433 g/mol. The van der Waals surface area contributed by atoms with E-state index in [2.05, 4.69) is 10.6 Å². The van der Waals surface area contributed by atoms with Crippen LogP contribution < -0.4 is 15.5 Å². The Labute approximate surface area is 179 Å². The van der Waals surface area contributed by atoms with E-state index >= 15 is 0 Å². The maximum Gasteiger partial charge on any atom is 0.326 e. The second-order valence-electron chi connectivity index (χ2n) is 7.95. The average molecular weight is 434 g/mol. The number of amides is 2. The number of carboxylic acid groups (broad SMARTS) is 1. The Kier molecular flexibility index (Phi) is 6.60. The number of nitrogens with one attached hydrogen (secondary N) is 2. The maximum atomic E-state index is 12.9. The van der Waals surface area contributed by atoms with Crippen LogP contribution in [-0.4, -0.2) is 60.4 Å². The van der Waals surface area contributed by atoms with E-state index in [1.54, 1.807) is 0 Å². The summed E-state index contributed by atoms with van der Waals surface area (Å²) in [6, 6.07) is 5.70. The first-order valence-electron chi connectivity index (χ1n) is 10.5. The fourth-order valence-electron chi connectivity index (χ4n) is 4.25. The molecule has 8 nitrogen and oxygen atoms in total. The van der Waals surface area contributed by atoms with Crippen LogP contribution in [0.3, 0.4) is 0 Å². The highest BCUT2D eigenvalue weighted by molar-refractivity contribution is 8.01. The summed E-state index contributed by atoms with van der Waals surface area (Å²) >= 11 is 1.02. The SMILES string of the molecule is O=C(CN1C(=O)C(C(=O)O)Sc2ccc(C3CNCCO3)cc21)NC1CCCCC1. The largest absolute Gasteiger partial charge is 0.480 e. The Morgan fingerprint density at radius 3 is 2.77 bits per heavy atom. The van der Waals surface area contributed by atoms with E-state index in [1.807, 2.05) is 18.2 Å². The van der Waals surface area contributed by atoms with Gasteiger partial charge in [0.2, 0.25) is 5.91 Å². The van der Waals surface area contributed by atoms with Crippen LogP contribution in [0, 0.1) is 0 Å². The Balaban J connectivity index is 1.57. The third-order valence-electron chi connectivity index (χ3n) is 5.80. The smallest absolute Gasteiger partial charge is 0.326 e. The molecule has 2 amide bonds. The molecule has 1 aromatic carbocycles. The summed E-state index contributed by atoms with van der Waals surface area (Å²) in [6.45, 7) is 1.88. The van der Waals surface area contributed by atoms with E-state index in [4.69, 9.17) is 4.74 Å². The number of ether oxygens (including phenoxy) is 1. The van der Waals surface area contributed by atoms with Gasteiger partial charge in [0.05, 0.1) is 18.4 Å². The second-order valence-corrected chi connectivity index (χ2v) is 9.10. The molecule has 0 aromatic heterocycles. The molecule has 2 aliphatic heterocycles. The van der Waals surface area contributed by atoms with Crippen molar-refractivity contribution in [1.82, 2.24) is 10.6 Å². The highest BCUT2D eigenvalue weighted by Gasteiger charge is 2.39. The number of aliphatic carboxylic acids is 1. The molecule has 0 radical (unpaired) electrons. The molecule has 0 spiro atoms. The minimum Gasteiger partial charge on any atom is -0.480 e. The summed E-state index contributed by atoms with van der Waals surface area (Å²) in [5, 5.41) is 14.6. The molecule has 2 fully saturated rings. The lowest BCUT2D eigenvalue weighted by Gasteiger charge is -2.33. The molecule has 1 aromatic rings. The molecule has 162 valence electrons.